The number of aromatic nitrogens is 1. The molecule has 0 radical (unpaired) electrons. The van der Waals surface area contributed by atoms with Gasteiger partial charge in [-0.1, -0.05) is 11.6 Å². The Labute approximate surface area is 98.3 Å². The Kier molecular flexibility index (Phi) is 3.43. The number of methoxy groups -OCH3 is 1. The van der Waals surface area contributed by atoms with Gasteiger partial charge in [0.05, 0.1) is 12.5 Å². The number of nitrogens with two attached hydrogens (primary N) is 1. The molecule has 2 N–H and O–H groups in total. The van der Waals surface area contributed by atoms with Gasteiger partial charge in [0.2, 0.25) is 0 Å². The number of hydrogen-bond donors (Lipinski definition) is 1. The van der Waals surface area contributed by atoms with Crippen LogP contribution in [-0.4, -0.2) is 24.7 Å². The van der Waals surface area contributed by atoms with Gasteiger partial charge in [-0.3, -0.25) is 0 Å². The van der Waals surface area contributed by atoms with Crippen molar-refractivity contribution in [1.82, 2.24) is 4.98 Å². The maximum Gasteiger partial charge on any atom is 0.198 e. The molecule has 0 aliphatic carbocycles. The normalized spacial score (nSPS) is 13.2. The summed E-state index contributed by atoms with van der Waals surface area (Å²) >= 11 is 5.86. The second-order valence-corrected chi connectivity index (χ2v) is 3.95. The van der Waals surface area contributed by atoms with Crippen molar-refractivity contribution in [3.05, 3.63) is 29.1 Å². The standard InChI is InChI=1S/C11H13ClN2O2/c1-15-8(6-13)5-11-14-9-3-2-7(12)4-10(9)16-11/h2-4,8H,5-6,13H2,1H3. The van der Waals surface area contributed by atoms with E-state index in [1.165, 1.54) is 0 Å². The molecule has 86 valence electrons. The third-order valence-corrected chi connectivity index (χ3v) is 2.63. The van der Waals surface area contributed by atoms with Crippen molar-refractivity contribution >= 4 is 22.7 Å². The third-order valence-electron chi connectivity index (χ3n) is 2.39. The molecule has 0 saturated heterocycles. The van der Waals surface area contributed by atoms with Crippen LogP contribution in [0.2, 0.25) is 5.02 Å². The van der Waals surface area contributed by atoms with Gasteiger partial charge in [0.15, 0.2) is 11.5 Å². The summed E-state index contributed by atoms with van der Waals surface area (Å²) in [6.45, 7) is 0.440. The first-order valence-electron chi connectivity index (χ1n) is 5.00. The van der Waals surface area contributed by atoms with Crippen LogP contribution in [0.15, 0.2) is 22.6 Å². The molecule has 16 heavy (non-hydrogen) atoms. The van der Waals surface area contributed by atoms with E-state index < -0.39 is 0 Å². The van der Waals surface area contributed by atoms with Gasteiger partial charge >= 0.3 is 0 Å². The Morgan fingerprint density at radius 3 is 3.06 bits per heavy atom. The van der Waals surface area contributed by atoms with Crippen LogP contribution < -0.4 is 5.73 Å². The number of ether oxygens (including phenoxy) is 1. The number of halogens is 1. The molecule has 0 saturated carbocycles. The topological polar surface area (TPSA) is 61.3 Å². The summed E-state index contributed by atoms with van der Waals surface area (Å²) in [5.41, 5.74) is 7.02. The molecule has 0 fully saturated rings. The zero-order valence-corrected chi connectivity index (χ0v) is 9.70. The molecule has 0 amide bonds. The van der Waals surface area contributed by atoms with Gasteiger partial charge in [0.25, 0.3) is 0 Å². The molecule has 1 aromatic heterocycles. The van der Waals surface area contributed by atoms with E-state index >= 15 is 0 Å². The van der Waals surface area contributed by atoms with Crippen LogP contribution in [0, 0.1) is 0 Å². The van der Waals surface area contributed by atoms with Gasteiger partial charge in [-0.2, -0.15) is 0 Å². The molecule has 1 atom stereocenters. The van der Waals surface area contributed by atoms with E-state index in [1.807, 2.05) is 6.07 Å². The Balaban J connectivity index is 2.25. The van der Waals surface area contributed by atoms with Crippen molar-refractivity contribution in [3.8, 4) is 0 Å². The molecule has 4 nitrogen and oxygen atoms in total. The van der Waals surface area contributed by atoms with E-state index in [0.717, 1.165) is 5.52 Å². The van der Waals surface area contributed by atoms with Gasteiger partial charge in [-0.25, -0.2) is 4.98 Å². The molecule has 1 unspecified atom stereocenters. The molecule has 2 aromatic rings. The molecule has 1 aromatic carbocycles. The lowest BCUT2D eigenvalue weighted by molar-refractivity contribution is 0.104. The number of nitrogens with zero attached hydrogens (tertiary/aromatic N) is 1. The minimum atomic E-state index is -0.0662. The number of fused-ring (bicyclic) bond motifs is 1. The van der Waals surface area contributed by atoms with Crippen molar-refractivity contribution in [1.29, 1.82) is 0 Å². The second kappa shape index (κ2) is 4.82. The number of oxazole rings is 1. The van der Waals surface area contributed by atoms with E-state index in [0.29, 0.717) is 29.5 Å². The highest BCUT2D eigenvalue weighted by molar-refractivity contribution is 6.31. The van der Waals surface area contributed by atoms with Gasteiger partial charge < -0.3 is 14.9 Å². The van der Waals surface area contributed by atoms with Crippen LogP contribution in [0.3, 0.4) is 0 Å². The Hall–Kier alpha value is -1.10. The SMILES string of the molecule is COC(CN)Cc1nc2ccc(Cl)cc2o1. The zero-order valence-electron chi connectivity index (χ0n) is 8.94. The lowest BCUT2D eigenvalue weighted by Gasteiger charge is -2.09. The first-order chi connectivity index (χ1) is 7.72. The minimum Gasteiger partial charge on any atom is -0.441 e. The van der Waals surface area contributed by atoms with Crippen LogP contribution in [0.1, 0.15) is 5.89 Å². The highest BCUT2D eigenvalue weighted by atomic mass is 35.5. The Morgan fingerprint density at radius 1 is 1.56 bits per heavy atom. The van der Waals surface area contributed by atoms with Crippen molar-refractivity contribution in [3.63, 3.8) is 0 Å². The van der Waals surface area contributed by atoms with E-state index in [2.05, 4.69) is 4.98 Å². The fourth-order valence-corrected chi connectivity index (χ4v) is 1.65. The fourth-order valence-electron chi connectivity index (χ4n) is 1.49. The summed E-state index contributed by atoms with van der Waals surface area (Å²) in [7, 11) is 1.62. The molecule has 0 bridgehead atoms. The molecule has 5 heteroatoms. The average Bonchev–Trinajstić information content (AvgIpc) is 2.67. The largest absolute Gasteiger partial charge is 0.441 e. The summed E-state index contributed by atoms with van der Waals surface area (Å²) in [5.74, 6) is 0.620. The van der Waals surface area contributed by atoms with Crippen LogP contribution >= 0.6 is 11.6 Å². The molecule has 0 aliphatic heterocycles. The quantitative estimate of drug-likeness (QED) is 0.888. The minimum absolute atomic E-state index is 0.0662. The summed E-state index contributed by atoms with van der Waals surface area (Å²) in [4.78, 5) is 4.33. The zero-order chi connectivity index (χ0) is 11.5. The lowest BCUT2D eigenvalue weighted by Crippen LogP contribution is -2.24. The fraction of sp³-hybridized carbons (Fsp3) is 0.364. The highest BCUT2D eigenvalue weighted by Gasteiger charge is 2.12. The number of benzene rings is 1. The van der Waals surface area contributed by atoms with Gasteiger partial charge in [-0.15, -0.1) is 0 Å². The first kappa shape index (κ1) is 11.4. The molecular formula is C11H13ClN2O2. The third kappa shape index (κ3) is 2.35. The Morgan fingerprint density at radius 2 is 2.38 bits per heavy atom. The average molecular weight is 241 g/mol. The van der Waals surface area contributed by atoms with Gasteiger partial charge in [0, 0.05) is 24.7 Å². The summed E-state index contributed by atoms with van der Waals surface area (Å²) in [5, 5.41) is 0.636. The van der Waals surface area contributed by atoms with Crippen molar-refractivity contribution in [2.45, 2.75) is 12.5 Å². The predicted molar refractivity (Wildman–Crippen MR) is 62.6 cm³/mol. The van der Waals surface area contributed by atoms with Crippen molar-refractivity contribution < 1.29 is 9.15 Å². The van der Waals surface area contributed by atoms with Crippen LogP contribution in [0.5, 0.6) is 0 Å². The van der Waals surface area contributed by atoms with Crippen LogP contribution in [-0.2, 0) is 11.2 Å². The highest BCUT2D eigenvalue weighted by Crippen LogP contribution is 2.20. The maximum atomic E-state index is 5.86. The van der Waals surface area contributed by atoms with Crippen LogP contribution in [0.4, 0.5) is 0 Å². The molecule has 2 rings (SSSR count). The predicted octanol–water partition coefficient (Wildman–Crippen LogP) is 2.00. The molecule has 1 heterocycles. The first-order valence-corrected chi connectivity index (χ1v) is 5.38. The van der Waals surface area contributed by atoms with Gasteiger partial charge in [-0.05, 0) is 12.1 Å². The van der Waals surface area contributed by atoms with E-state index in [9.17, 15) is 0 Å². The van der Waals surface area contributed by atoms with E-state index in [-0.39, 0.29) is 6.10 Å². The van der Waals surface area contributed by atoms with Crippen molar-refractivity contribution in [2.75, 3.05) is 13.7 Å². The molecule has 0 spiro atoms. The Bertz CT molecular complexity index is 480. The summed E-state index contributed by atoms with van der Waals surface area (Å²) in [6.07, 6.45) is 0.503. The smallest absolute Gasteiger partial charge is 0.198 e. The molecular weight excluding hydrogens is 228 g/mol. The van der Waals surface area contributed by atoms with E-state index in [4.69, 9.17) is 26.5 Å². The van der Waals surface area contributed by atoms with Crippen LogP contribution in [0.25, 0.3) is 11.1 Å². The summed E-state index contributed by atoms with van der Waals surface area (Å²) in [6, 6.07) is 5.36. The maximum absolute atomic E-state index is 5.86. The van der Waals surface area contributed by atoms with Crippen molar-refractivity contribution in [2.24, 2.45) is 5.73 Å². The number of rotatable bonds is 4. The number of hydrogen-bond acceptors (Lipinski definition) is 4. The lowest BCUT2D eigenvalue weighted by atomic mass is 10.2. The molecule has 0 aliphatic rings. The van der Waals surface area contributed by atoms with E-state index in [1.54, 1.807) is 19.2 Å². The second-order valence-electron chi connectivity index (χ2n) is 3.52. The van der Waals surface area contributed by atoms with Gasteiger partial charge in [0.1, 0.15) is 5.52 Å². The summed E-state index contributed by atoms with van der Waals surface area (Å²) < 4.78 is 10.7. The monoisotopic (exact) mass is 240 g/mol.